The quantitative estimate of drug-likeness (QED) is 0.497. The topological polar surface area (TPSA) is 92.0 Å². The van der Waals surface area contributed by atoms with Crippen LogP contribution in [0.15, 0.2) is 71.8 Å². The van der Waals surface area contributed by atoms with Crippen LogP contribution in [-0.4, -0.2) is 42.0 Å². The summed E-state index contributed by atoms with van der Waals surface area (Å²) in [5.41, 5.74) is 9.01. The third kappa shape index (κ3) is 4.54. The van der Waals surface area contributed by atoms with Crippen LogP contribution in [0.1, 0.15) is 28.1 Å². The number of hydrogen-bond donors (Lipinski definition) is 3. The molecule has 0 radical (unpaired) electrons. The smallest absolute Gasteiger partial charge is 0.264 e. The fourth-order valence-electron chi connectivity index (χ4n) is 4.67. The fraction of sp³-hybridized carbons (Fsp3) is 0.259. The number of hydrogen-bond acceptors (Lipinski definition) is 7. The molecule has 35 heavy (non-hydrogen) atoms. The van der Waals surface area contributed by atoms with Crippen molar-refractivity contribution in [2.45, 2.75) is 31.5 Å². The number of likely N-dealkylation sites (tertiary alicyclic amines) is 1. The van der Waals surface area contributed by atoms with Crippen LogP contribution in [0.2, 0.25) is 0 Å². The maximum atomic E-state index is 13.0. The summed E-state index contributed by atoms with van der Waals surface area (Å²) >= 11 is 1.53. The molecule has 2 atom stereocenters. The Labute approximate surface area is 208 Å². The molecule has 1 aliphatic carbocycles. The first-order valence-electron chi connectivity index (χ1n) is 11.9. The molecule has 1 saturated heterocycles. The Morgan fingerprint density at radius 1 is 1.23 bits per heavy atom. The number of carbonyl (C=O) groups excluding carboxylic acids is 1. The predicted molar refractivity (Wildman–Crippen MR) is 142 cm³/mol. The lowest BCUT2D eigenvalue weighted by atomic mass is 10.1. The molecule has 0 spiro atoms. The van der Waals surface area contributed by atoms with Gasteiger partial charge in [-0.1, -0.05) is 30.4 Å². The number of carbonyl (C=O) groups is 1. The average Bonchev–Trinajstić information content (AvgIpc) is 3.51. The lowest BCUT2D eigenvalue weighted by Crippen LogP contribution is -2.31. The molecular weight excluding hydrogens is 458 g/mol. The Hall–Kier alpha value is -3.62. The van der Waals surface area contributed by atoms with Gasteiger partial charge in [0.1, 0.15) is 11.9 Å². The summed E-state index contributed by atoms with van der Waals surface area (Å²) in [7, 11) is 0. The van der Waals surface area contributed by atoms with E-state index in [1.165, 1.54) is 11.3 Å². The van der Waals surface area contributed by atoms with Crippen LogP contribution in [0.4, 0.5) is 11.4 Å². The van der Waals surface area contributed by atoms with Gasteiger partial charge < -0.3 is 26.0 Å². The average molecular weight is 486 g/mol. The van der Waals surface area contributed by atoms with Crippen LogP contribution >= 0.6 is 11.3 Å². The van der Waals surface area contributed by atoms with Crippen molar-refractivity contribution in [1.29, 1.82) is 0 Å². The molecule has 8 heteroatoms. The number of nitrogens with two attached hydrogens (primary N) is 1. The van der Waals surface area contributed by atoms with Gasteiger partial charge in [-0.25, -0.2) is 4.99 Å². The van der Waals surface area contributed by atoms with Gasteiger partial charge in [-0.15, -0.1) is 11.3 Å². The first-order valence-corrected chi connectivity index (χ1v) is 12.7. The van der Waals surface area contributed by atoms with E-state index in [0.29, 0.717) is 19.0 Å². The van der Waals surface area contributed by atoms with E-state index in [1.807, 2.05) is 47.4 Å². The largest absolute Gasteiger partial charge is 0.486 e. The number of ether oxygens (including phenoxy) is 1. The fourth-order valence-corrected chi connectivity index (χ4v) is 5.70. The van der Waals surface area contributed by atoms with Crippen molar-refractivity contribution in [2.24, 2.45) is 10.7 Å². The van der Waals surface area contributed by atoms with E-state index in [-0.39, 0.29) is 18.1 Å². The van der Waals surface area contributed by atoms with Gasteiger partial charge in [0.15, 0.2) is 0 Å². The molecule has 3 aromatic rings. The second-order valence-electron chi connectivity index (χ2n) is 9.07. The van der Waals surface area contributed by atoms with Crippen molar-refractivity contribution in [1.82, 2.24) is 4.90 Å². The number of rotatable bonds is 4. The Morgan fingerprint density at radius 3 is 3.00 bits per heavy atom. The van der Waals surface area contributed by atoms with Crippen molar-refractivity contribution >= 4 is 44.7 Å². The summed E-state index contributed by atoms with van der Waals surface area (Å²) in [6, 6.07) is 14.1. The maximum absolute atomic E-state index is 13.0. The number of amides is 1. The van der Waals surface area contributed by atoms with Crippen LogP contribution in [0.5, 0.6) is 5.75 Å². The molecule has 1 amide bonds. The SMILES string of the molecule is NC1CCN(C(=O)c2cc3c4c(ccc3s2)CN=C(Nc2cccc(OC3C=CC=CC3)c2)N4)C1. The third-order valence-corrected chi connectivity index (χ3v) is 7.57. The minimum absolute atomic E-state index is 0.0485. The van der Waals surface area contributed by atoms with Crippen molar-refractivity contribution in [3.05, 3.63) is 77.2 Å². The Morgan fingerprint density at radius 2 is 2.17 bits per heavy atom. The van der Waals surface area contributed by atoms with E-state index in [4.69, 9.17) is 10.5 Å². The normalized spacial score (nSPS) is 20.9. The zero-order valence-electron chi connectivity index (χ0n) is 19.2. The molecule has 1 fully saturated rings. The second kappa shape index (κ2) is 9.20. The zero-order valence-corrected chi connectivity index (χ0v) is 20.1. The summed E-state index contributed by atoms with van der Waals surface area (Å²) in [5.74, 6) is 1.55. The van der Waals surface area contributed by atoms with Gasteiger partial charge in [0.05, 0.1) is 17.1 Å². The monoisotopic (exact) mass is 485 g/mol. The van der Waals surface area contributed by atoms with Crippen LogP contribution in [0, 0.1) is 0 Å². The maximum Gasteiger partial charge on any atom is 0.264 e. The highest BCUT2D eigenvalue weighted by atomic mass is 32.1. The third-order valence-electron chi connectivity index (χ3n) is 6.49. The summed E-state index contributed by atoms with van der Waals surface area (Å²) in [4.78, 5) is 20.3. The van der Waals surface area contributed by atoms with Crippen molar-refractivity contribution in [3.63, 3.8) is 0 Å². The van der Waals surface area contributed by atoms with Crippen molar-refractivity contribution in [2.75, 3.05) is 23.7 Å². The van der Waals surface area contributed by atoms with E-state index >= 15 is 0 Å². The Kier molecular flexibility index (Phi) is 5.75. The number of anilines is 2. The number of nitrogens with one attached hydrogen (secondary N) is 2. The van der Waals surface area contributed by atoms with E-state index in [9.17, 15) is 4.79 Å². The summed E-state index contributed by atoms with van der Waals surface area (Å²) in [6.45, 7) is 1.92. The number of benzene rings is 2. The number of aliphatic imine (C=N–C) groups is 1. The first-order chi connectivity index (χ1) is 17.1. The van der Waals surface area contributed by atoms with Crippen molar-refractivity contribution < 1.29 is 9.53 Å². The van der Waals surface area contributed by atoms with Gasteiger partial charge >= 0.3 is 0 Å². The van der Waals surface area contributed by atoms with E-state index in [0.717, 1.165) is 57.0 Å². The molecule has 0 saturated carbocycles. The van der Waals surface area contributed by atoms with Gasteiger partial charge in [-0.3, -0.25) is 4.79 Å². The van der Waals surface area contributed by atoms with Gasteiger partial charge in [0, 0.05) is 47.4 Å². The Bertz CT molecular complexity index is 1380. The molecule has 3 heterocycles. The minimum atomic E-state index is 0.0485. The van der Waals surface area contributed by atoms with Gasteiger partial charge in [0.25, 0.3) is 5.91 Å². The standard InChI is InChI=1S/C27H27N5O2S/c28-18-11-12-32(16-18)26(33)24-14-22-23(35-24)10-9-17-15-29-27(31-25(17)22)30-19-5-4-8-21(13-19)34-20-6-2-1-3-7-20/h1-6,8-10,13-14,18,20H,7,11-12,15-16,28H2,(H2,29,30,31). The number of nitrogens with zero attached hydrogens (tertiary/aromatic N) is 2. The molecule has 6 rings (SSSR count). The molecule has 2 aliphatic heterocycles. The molecule has 3 aliphatic rings. The molecule has 7 nitrogen and oxygen atoms in total. The first kappa shape index (κ1) is 21.9. The van der Waals surface area contributed by atoms with Crippen LogP contribution in [0.25, 0.3) is 10.1 Å². The van der Waals surface area contributed by atoms with E-state index in [1.54, 1.807) is 0 Å². The van der Waals surface area contributed by atoms with Crippen LogP contribution in [-0.2, 0) is 6.54 Å². The second-order valence-corrected chi connectivity index (χ2v) is 10.2. The zero-order chi connectivity index (χ0) is 23.8. The highest BCUT2D eigenvalue weighted by Gasteiger charge is 2.26. The van der Waals surface area contributed by atoms with E-state index in [2.05, 4.69) is 39.9 Å². The lowest BCUT2D eigenvalue weighted by Gasteiger charge is -2.21. The number of allylic oxidation sites excluding steroid dienone is 2. The summed E-state index contributed by atoms with van der Waals surface area (Å²) in [5, 5.41) is 7.89. The number of thiophene rings is 1. The van der Waals surface area contributed by atoms with E-state index < -0.39 is 0 Å². The summed E-state index contributed by atoms with van der Waals surface area (Å²) in [6.07, 6.45) is 9.99. The van der Waals surface area contributed by atoms with Gasteiger partial charge in [0.2, 0.25) is 5.96 Å². The summed E-state index contributed by atoms with van der Waals surface area (Å²) < 4.78 is 7.17. The highest BCUT2D eigenvalue weighted by Crippen LogP contribution is 2.36. The number of guanidine groups is 1. The molecule has 2 aromatic carbocycles. The molecule has 178 valence electrons. The minimum Gasteiger partial charge on any atom is -0.486 e. The molecule has 2 unspecified atom stereocenters. The molecule has 0 bridgehead atoms. The number of fused-ring (bicyclic) bond motifs is 3. The lowest BCUT2D eigenvalue weighted by molar-refractivity contribution is 0.0795. The molecule has 1 aromatic heterocycles. The van der Waals surface area contributed by atoms with Gasteiger partial charge in [-0.2, -0.15) is 0 Å². The molecular formula is C27H27N5O2S. The van der Waals surface area contributed by atoms with Crippen molar-refractivity contribution in [3.8, 4) is 5.75 Å². The molecule has 4 N–H and O–H groups in total. The van der Waals surface area contributed by atoms with Gasteiger partial charge in [-0.05, 0) is 42.3 Å². The van der Waals surface area contributed by atoms with Crippen LogP contribution in [0.3, 0.4) is 0 Å². The predicted octanol–water partition coefficient (Wildman–Crippen LogP) is 4.73. The Balaban J connectivity index is 1.19. The van der Waals surface area contributed by atoms with Crippen LogP contribution < -0.4 is 21.1 Å². The highest BCUT2D eigenvalue weighted by molar-refractivity contribution is 7.20.